The van der Waals surface area contributed by atoms with Crippen molar-refractivity contribution < 1.29 is 4.79 Å². The second-order valence-corrected chi connectivity index (χ2v) is 5.59. The van der Waals surface area contributed by atoms with Crippen molar-refractivity contribution in [3.05, 3.63) is 70.4 Å². The van der Waals surface area contributed by atoms with Crippen LogP contribution in [0.25, 0.3) is 5.52 Å². The number of aryl methyl sites for hydroxylation is 1. The van der Waals surface area contributed by atoms with Crippen LogP contribution in [0.1, 0.15) is 24.1 Å². The third-order valence-electron chi connectivity index (χ3n) is 3.78. The molecule has 1 aromatic carbocycles. The maximum Gasteiger partial charge on any atom is 0.349 e. The number of benzene rings is 1. The molecule has 118 valence electrons. The van der Waals surface area contributed by atoms with Gasteiger partial charge in [-0.2, -0.15) is 5.10 Å². The molecular weight excluding hydrogens is 292 g/mol. The zero-order valence-corrected chi connectivity index (χ0v) is 13.1. The number of rotatable bonds is 4. The van der Waals surface area contributed by atoms with Gasteiger partial charge in [-0.25, -0.2) is 9.48 Å². The van der Waals surface area contributed by atoms with Gasteiger partial charge in [-0.15, -0.1) is 0 Å². The number of hydrogen-bond acceptors (Lipinski definition) is 3. The number of carbonyl (C=O) groups is 1. The first-order valence-electron chi connectivity index (χ1n) is 7.44. The zero-order chi connectivity index (χ0) is 16.4. The highest BCUT2D eigenvalue weighted by Gasteiger charge is 2.12. The van der Waals surface area contributed by atoms with Gasteiger partial charge in [-0.1, -0.05) is 29.8 Å². The van der Waals surface area contributed by atoms with Crippen LogP contribution in [0.2, 0.25) is 0 Å². The summed E-state index contributed by atoms with van der Waals surface area (Å²) in [5, 5.41) is 6.92. The Morgan fingerprint density at radius 3 is 2.74 bits per heavy atom. The van der Waals surface area contributed by atoms with E-state index in [2.05, 4.69) is 10.4 Å². The molecule has 0 saturated heterocycles. The summed E-state index contributed by atoms with van der Waals surface area (Å²) in [6.07, 6.45) is 3.22. The van der Waals surface area contributed by atoms with Crippen LogP contribution in [0.15, 0.2) is 53.6 Å². The molecule has 0 spiro atoms. The fraction of sp³-hybridized carbons (Fsp3) is 0.235. The molecule has 0 bridgehead atoms. The van der Waals surface area contributed by atoms with Crippen LogP contribution in [-0.4, -0.2) is 20.1 Å². The molecule has 1 N–H and O–H groups in total. The second-order valence-electron chi connectivity index (χ2n) is 5.59. The number of nitrogens with zero attached hydrogens (tertiary/aromatic N) is 3. The highest BCUT2D eigenvalue weighted by Crippen LogP contribution is 2.12. The molecule has 1 atom stereocenters. The molecule has 0 radical (unpaired) electrons. The average Bonchev–Trinajstić information content (AvgIpc) is 3.00. The minimum atomic E-state index is -0.328. The largest absolute Gasteiger partial charge is 0.349 e. The topological polar surface area (TPSA) is 68.4 Å². The Morgan fingerprint density at radius 1 is 1.26 bits per heavy atom. The lowest BCUT2D eigenvalue weighted by Gasteiger charge is -2.15. The zero-order valence-electron chi connectivity index (χ0n) is 13.1. The smallest absolute Gasteiger partial charge is 0.348 e. The summed E-state index contributed by atoms with van der Waals surface area (Å²) >= 11 is 0. The lowest BCUT2D eigenvalue weighted by molar-refractivity contribution is -0.122. The van der Waals surface area contributed by atoms with Gasteiger partial charge in [0.2, 0.25) is 5.91 Å². The van der Waals surface area contributed by atoms with Crippen LogP contribution in [0.4, 0.5) is 0 Å². The molecule has 0 aliphatic rings. The second kappa shape index (κ2) is 6.08. The van der Waals surface area contributed by atoms with Crippen LogP contribution in [-0.2, 0) is 11.3 Å². The minimum Gasteiger partial charge on any atom is -0.348 e. The van der Waals surface area contributed by atoms with Gasteiger partial charge in [0.05, 0.1) is 17.8 Å². The van der Waals surface area contributed by atoms with E-state index in [4.69, 9.17) is 0 Å². The molecule has 0 aliphatic heterocycles. The Bertz CT molecular complexity index is 893. The standard InChI is InChI=1S/C17H18N4O2/c1-12-5-7-14(8-6-12)13(2)19-16(22)11-21-17(23)20-9-3-4-15(20)10-18-21/h3-10,13H,11H2,1-2H3,(H,19,22)/t13-/m0/s1. The van der Waals surface area contributed by atoms with Crippen LogP contribution in [0.3, 0.4) is 0 Å². The normalized spacial score (nSPS) is 12.3. The number of nitrogens with one attached hydrogen (secondary N) is 1. The van der Waals surface area contributed by atoms with Gasteiger partial charge in [0.1, 0.15) is 6.54 Å². The van der Waals surface area contributed by atoms with Gasteiger partial charge in [0, 0.05) is 6.20 Å². The van der Waals surface area contributed by atoms with E-state index in [9.17, 15) is 9.59 Å². The summed E-state index contributed by atoms with van der Waals surface area (Å²) in [5.41, 5.74) is 2.57. The molecule has 3 aromatic rings. The molecule has 2 heterocycles. The van der Waals surface area contributed by atoms with Crippen molar-refractivity contribution in [3.8, 4) is 0 Å². The first-order valence-corrected chi connectivity index (χ1v) is 7.44. The molecule has 0 aliphatic carbocycles. The molecular formula is C17H18N4O2. The van der Waals surface area contributed by atoms with Crippen LogP contribution >= 0.6 is 0 Å². The highest BCUT2D eigenvalue weighted by molar-refractivity contribution is 5.76. The van der Waals surface area contributed by atoms with Crippen molar-refractivity contribution in [1.82, 2.24) is 19.5 Å². The maximum absolute atomic E-state index is 12.2. The van der Waals surface area contributed by atoms with Crippen LogP contribution < -0.4 is 11.0 Å². The molecule has 2 aromatic heterocycles. The van der Waals surface area contributed by atoms with Gasteiger partial charge < -0.3 is 5.32 Å². The van der Waals surface area contributed by atoms with Gasteiger partial charge in [0.15, 0.2) is 0 Å². The highest BCUT2D eigenvalue weighted by atomic mass is 16.2. The Morgan fingerprint density at radius 2 is 2.00 bits per heavy atom. The first kappa shape index (κ1) is 15.0. The van der Waals surface area contributed by atoms with E-state index in [-0.39, 0.29) is 24.2 Å². The monoisotopic (exact) mass is 310 g/mol. The number of hydrogen-bond donors (Lipinski definition) is 1. The van der Waals surface area contributed by atoms with Gasteiger partial charge in [0.25, 0.3) is 0 Å². The quantitative estimate of drug-likeness (QED) is 0.797. The van der Waals surface area contributed by atoms with E-state index in [0.717, 1.165) is 10.2 Å². The lowest BCUT2D eigenvalue weighted by atomic mass is 10.1. The molecule has 1 amide bonds. The van der Waals surface area contributed by atoms with E-state index in [1.807, 2.05) is 38.1 Å². The van der Waals surface area contributed by atoms with E-state index in [0.29, 0.717) is 5.52 Å². The van der Waals surface area contributed by atoms with Gasteiger partial charge in [-0.3, -0.25) is 9.20 Å². The predicted molar refractivity (Wildman–Crippen MR) is 87.2 cm³/mol. The number of fused-ring (bicyclic) bond motifs is 1. The fourth-order valence-electron chi connectivity index (χ4n) is 2.45. The molecule has 3 rings (SSSR count). The molecule has 6 nitrogen and oxygen atoms in total. The van der Waals surface area contributed by atoms with E-state index in [1.54, 1.807) is 24.5 Å². The van der Waals surface area contributed by atoms with Crippen molar-refractivity contribution >= 4 is 11.4 Å². The summed E-state index contributed by atoms with van der Waals surface area (Å²) in [5.74, 6) is -0.251. The van der Waals surface area contributed by atoms with Crippen molar-refractivity contribution in [3.63, 3.8) is 0 Å². The van der Waals surface area contributed by atoms with Crippen molar-refractivity contribution in [2.45, 2.75) is 26.4 Å². The molecule has 0 saturated carbocycles. The third-order valence-corrected chi connectivity index (χ3v) is 3.78. The Labute approximate surface area is 133 Å². The fourth-order valence-corrected chi connectivity index (χ4v) is 2.45. The van der Waals surface area contributed by atoms with Crippen LogP contribution in [0, 0.1) is 6.92 Å². The summed E-state index contributed by atoms with van der Waals surface area (Å²) in [7, 11) is 0. The molecule has 0 fully saturated rings. The average molecular weight is 310 g/mol. The number of aromatic nitrogens is 3. The van der Waals surface area contributed by atoms with Gasteiger partial charge >= 0.3 is 5.69 Å². The van der Waals surface area contributed by atoms with Crippen molar-refractivity contribution in [2.24, 2.45) is 0 Å². The van der Waals surface area contributed by atoms with E-state index < -0.39 is 0 Å². The van der Waals surface area contributed by atoms with Crippen molar-refractivity contribution in [2.75, 3.05) is 0 Å². The Hall–Kier alpha value is -2.89. The third kappa shape index (κ3) is 3.15. The minimum absolute atomic E-state index is 0.108. The SMILES string of the molecule is Cc1ccc([C@H](C)NC(=O)Cn2ncc3cccn3c2=O)cc1. The summed E-state index contributed by atoms with van der Waals surface area (Å²) in [4.78, 5) is 24.4. The molecule has 23 heavy (non-hydrogen) atoms. The Kier molecular flexibility index (Phi) is 3.97. The summed E-state index contributed by atoms with van der Waals surface area (Å²) in [6.45, 7) is 3.82. The number of carbonyl (C=O) groups excluding carboxylic acids is 1. The lowest BCUT2D eigenvalue weighted by Crippen LogP contribution is -2.36. The first-order chi connectivity index (χ1) is 11.0. The van der Waals surface area contributed by atoms with E-state index in [1.165, 1.54) is 9.96 Å². The maximum atomic E-state index is 12.2. The van der Waals surface area contributed by atoms with Crippen LogP contribution in [0.5, 0.6) is 0 Å². The summed E-state index contributed by atoms with van der Waals surface area (Å²) < 4.78 is 2.62. The predicted octanol–water partition coefficient (Wildman–Crippen LogP) is 1.68. The Balaban J connectivity index is 1.72. The van der Waals surface area contributed by atoms with Crippen molar-refractivity contribution in [1.29, 1.82) is 0 Å². The van der Waals surface area contributed by atoms with E-state index >= 15 is 0 Å². The molecule has 6 heteroatoms. The summed E-state index contributed by atoms with van der Waals surface area (Å²) in [6, 6.07) is 11.4. The van der Waals surface area contributed by atoms with Gasteiger partial charge in [-0.05, 0) is 31.5 Å². The number of amides is 1. The molecule has 0 unspecified atom stereocenters.